The summed E-state index contributed by atoms with van der Waals surface area (Å²) in [5, 5.41) is 20.3. The van der Waals surface area contributed by atoms with Gasteiger partial charge >= 0.3 is 11.9 Å². The van der Waals surface area contributed by atoms with Crippen molar-refractivity contribution in [2.24, 2.45) is 0 Å². The number of ether oxygens (including phenoxy) is 1. The molecule has 0 saturated heterocycles. The first-order valence-electron chi connectivity index (χ1n) is 10.2. The molecule has 0 bridgehead atoms. The van der Waals surface area contributed by atoms with E-state index in [-0.39, 0.29) is 5.56 Å². The highest BCUT2D eigenvalue weighted by Gasteiger charge is 2.22. The molecule has 0 aliphatic heterocycles. The summed E-state index contributed by atoms with van der Waals surface area (Å²) in [5.74, 6) is -1.59. The van der Waals surface area contributed by atoms with Gasteiger partial charge in [-0.2, -0.15) is 0 Å². The SMILES string of the molecule is CCCCCCC(C(=O)O)n1ccc2cc(-c3cccc(OC)c3C(=O)O)ccc21. The molecule has 6 nitrogen and oxygen atoms in total. The number of fused-ring (bicyclic) bond motifs is 1. The number of carboxylic acids is 2. The van der Waals surface area contributed by atoms with Crippen molar-refractivity contribution in [1.29, 1.82) is 0 Å². The van der Waals surface area contributed by atoms with E-state index in [4.69, 9.17) is 4.74 Å². The summed E-state index contributed by atoms with van der Waals surface area (Å²) in [6.45, 7) is 2.13. The van der Waals surface area contributed by atoms with Crippen molar-refractivity contribution in [3.8, 4) is 16.9 Å². The number of aliphatic carboxylic acids is 1. The normalized spacial score (nSPS) is 12.1. The molecule has 6 heteroatoms. The van der Waals surface area contributed by atoms with Gasteiger partial charge in [0.2, 0.25) is 0 Å². The molecule has 0 spiro atoms. The molecule has 1 aromatic heterocycles. The standard InChI is InChI=1S/C24H27NO5/c1-3-4-5-6-9-20(23(26)27)25-14-13-17-15-16(11-12-19(17)25)18-8-7-10-21(30-2)22(18)24(28)29/h7-8,10-15,20H,3-6,9H2,1-2H3,(H,26,27)(H,28,29). The molecular formula is C24H27NO5. The molecule has 3 rings (SSSR count). The van der Waals surface area contributed by atoms with Gasteiger partial charge in [-0.1, -0.05) is 50.8 Å². The van der Waals surface area contributed by atoms with Crippen LogP contribution in [0.2, 0.25) is 0 Å². The van der Waals surface area contributed by atoms with E-state index in [9.17, 15) is 19.8 Å². The van der Waals surface area contributed by atoms with Crippen LogP contribution in [0.4, 0.5) is 0 Å². The lowest BCUT2D eigenvalue weighted by molar-refractivity contribution is -0.141. The zero-order chi connectivity index (χ0) is 21.7. The van der Waals surface area contributed by atoms with Crippen LogP contribution in [0.3, 0.4) is 0 Å². The first-order valence-corrected chi connectivity index (χ1v) is 10.2. The Morgan fingerprint density at radius 2 is 1.87 bits per heavy atom. The average molecular weight is 409 g/mol. The van der Waals surface area contributed by atoms with E-state index in [2.05, 4.69) is 6.92 Å². The monoisotopic (exact) mass is 409 g/mol. The molecule has 1 atom stereocenters. The fourth-order valence-corrected chi connectivity index (χ4v) is 3.91. The number of carboxylic acid groups (broad SMARTS) is 2. The Balaban J connectivity index is 1.98. The molecule has 1 unspecified atom stereocenters. The van der Waals surface area contributed by atoms with E-state index in [0.29, 0.717) is 17.7 Å². The van der Waals surface area contributed by atoms with E-state index in [1.165, 1.54) is 7.11 Å². The van der Waals surface area contributed by atoms with Crippen LogP contribution in [-0.4, -0.2) is 33.8 Å². The van der Waals surface area contributed by atoms with Crippen LogP contribution >= 0.6 is 0 Å². The minimum atomic E-state index is -1.06. The zero-order valence-corrected chi connectivity index (χ0v) is 17.3. The molecule has 0 aliphatic rings. The van der Waals surface area contributed by atoms with E-state index < -0.39 is 18.0 Å². The van der Waals surface area contributed by atoms with Gasteiger partial charge in [-0.25, -0.2) is 9.59 Å². The zero-order valence-electron chi connectivity index (χ0n) is 17.3. The van der Waals surface area contributed by atoms with Crippen molar-refractivity contribution in [1.82, 2.24) is 4.57 Å². The van der Waals surface area contributed by atoms with Gasteiger partial charge < -0.3 is 19.5 Å². The van der Waals surface area contributed by atoms with Gasteiger partial charge in [0, 0.05) is 17.1 Å². The van der Waals surface area contributed by atoms with Gasteiger partial charge in [-0.05, 0) is 41.8 Å². The summed E-state index contributed by atoms with van der Waals surface area (Å²) in [4.78, 5) is 23.7. The first kappa shape index (κ1) is 21.4. The Labute approximate surface area is 175 Å². The maximum Gasteiger partial charge on any atom is 0.340 e. The lowest BCUT2D eigenvalue weighted by atomic mass is 9.97. The van der Waals surface area contributed by atoms with Crippen molar-refractivity contribution in [2.75, 3.05) is 7.11 Å². The summed E-state index contributed by atoms with van der Waals surface area (Å²) in [6.07, 6.45) is 6.49. The maximum absolute atomic E-state index is 11.9. The third kappa shape index (κ3) is 4.32. The van der Waals surface area contributed by atoms with Crippen molar-refractivity contribution in [3.05, 3.63) is 54.2 Å². The third-order valence-electron chi connectivity index (χ3n) is 5.44. The summed E-state index contributed by atoms with van der Waals surface area (Å²) in [5.41, 5.74) is 2.23. The predicted octanol–water partition coefficient (Wildman–Crippen LogP) is 5.61. The number of methoxy groups -OCH3 is 1. The largest absolute Gasteiger partial charge is 0.496 e. The van der Waals surface area contributed by atoms with Gasteiger partial charge in [-0.15, -0.1) is 0 Å². The number of aromatic carboxylic acids is 1. The van der Waals surface area contributed by atoms with Crippen LogP contribution < -0.4 is 4.74 Å². The molecule has 30 heavy (non-hydrogen) atoms. The summed E-state index contributed by atoms with van der Waals surface area (Å²) in [6, 6.07) is 12.0. The first-order chi connectivity index (χ1) is 14.5. The highest BCUT2D eigenvalue weighted by molar-refractivity contribution is 6.00. The van der Waals surface area contributed by atoms with Gasteiger partial charge in [-0.3, -0.25) is 0 Å². The van der Waals surface area contributed by atoms with Crippen molar-refractivity contribution < 1.29 is 24.5 Å². The van der Waals surface area contributed by atoms with E-state index in [1.54, 1.807) is 29.0 Å². The van der Waals surface area contributed by atoms with Crippen LogP contribution in [0.5, 0.6) is 5.75 Å². The molecule has 3 aromatic rings. The molecular weight excluding hydrogens is 382 g/mol. The van der Waals surface area contributed by atoms with Crippen LogP contribution in [0.25, 0.3) is 22.0 Å². The Kier molecular flexibility index (Phi) is 6.77. The average Bonchev–Trinajstić information content (AvgIpc) is 3.15. The predicted molar refractivity (Wildman–Crippen MR) is 116 cm³/mol. The van der Waals surface area contributed by atoms with Gasteiger partial charge in [0.25, 0.3) is 0 Å². The third-order valence-corrected chi connectivity index (χ3v) is 5.44. The topological polar surface area (TPSA) is 88.8 Å². The van der Waals surface area contributed by atoms with Gasteiger partial charge in [0.05, 0.1) is 7.11 Å². The van der Waals surface area contributed by atoms with Crippen LogP contribution in [-0.2, 0) is 4.79 Å². The van der Waals surface area contributed by atoms with Crippen LogP contribution in [0, 0.1) is 0 Å². The minimum Gasteiger partial charge on any atom is -0.496 e. The molecule has 0 aliphatic carbocycles. The second-order valence-electron chi connectivity index (χ2n) is 7.39. The number of carbonyl (C=O) groups is 2. The smallest absolute Gasteiger partial charge is 0.340 e. The molecule has 0 saturated carbocycles. The number of unbranched alkanes of at least 4 members (excludes halogenated alkanes) is 3. The maximum atomic E-state index is 11.9. The lowest BCUT2D eigenvalue weighted by Gasteiger charge is -2.16. The molecule has 1 heterocycles. The summed E-state index contributed by atoms with van der Waals surface area (Å²) in [7, 11) is 1.45. The summed E-state index contributed by atoms with van der Waals surface area (Å²) >= 11 is 0. The molecule has 2 N–H and O–H groups in total. The Bertz CT molecular complexity index is 1050. The Morgan fingerprint density at radius 3 is 2.53 bits per heavy atom. The second kappa shape index (κ2) is 9.48. The van der Waals surface area contributed by atoms with Crippen molar-refractivity contribution >= 4 is 22.8 Å². The van der Waals surface area contributed by atoms with E-state index >= 15 is 0 Å². The Morgan fingerprint density at radius 1 is 1.07 bits per heavy atom. The minimum absolute atomic E-state index is 0.109. The molecule has 2 aromatic carbocycles. The quantitative estimate of drug-likeness (QED) is 0.425. The van der Waals surface area contributed by atoms with Gasteiger partial charge in [0.1, 0.15) is 17.4 Å². The highest BCUT2D eigenvalue weighted by Crippen LogP contribution is 2.33. The molecule has 0 radical (unpaired) electrons. The molecule has 0 fully saturated rings. The van der Waals surface area contributed by atoms with Crippen molar-refractivity contribution in [3.63, 3.8) is 0 Å². The molecule has 0 amide bonds. The fourth-order valence-electron chi connectivity index (χ4n) is 3.91. The van der Waals surface area contributed by atoms with E-state index in [0.717, 1.165) is 42.1 Å². The van der Waals surface area contributed by atoms with Crippen LogP contribution in [0.15, 0.2) is 48.7 Å². The Hall–Kier alpha value is -3.28. The second-order valence-corrected chi connectivity index (χ2v) is 7.39. The van der Waals surface area contributed by atoms with Gasteiger partial charge in [0.15, 0.2) is 0 Å². The number of hydrogen-bond acceptors (Lipinski definition) is 3. The fraction of sp³-hybridized carbons (Fsp3) is 0.333. The van der Waals surface area contributed by atoms with Crippen LogP contribution in [0.1, 0.15) is 55.4 Å². The van der Waals surface area contributed by atoms with Crippen molar-refractivity contribution in [2.45, 2.75) is 45.1 Å². The molecule has 158 valence electrons. The lowest BCUT2D eigenvalue weighted by Crippen LogP contribution is -2.18. The number of benzene rings is 2. The number of nitrogens with zero attached hydrogens (tertiary/aromatic N) is 1. The highest BCUT2D eigenvalue weighted by atomic mass is 16.5. The number of aromatic nitrogens is 1. The number of rotatable bonds is 10. The van der Waals surface area contributed by atoms with E-state index in [1.807, 2.05) is 24.3 Å². The summed E-state index contributed by atoms with van der Waals surface area (Å²) < 4.78 is 7.03. The number of hydrogen-bond donors (Lipinski definition) is 2.